The predicted molar refractivity (Wildman–Crippen MR) is 134 cm³/mol. The van der Waals surface area contributed by atoms with Crippen molar-refractivity contribution in [3.05, 3.63) is 53.3 Å². The lowest BCUT2D eigenvalue weighted by Crippen LogP contribution is -2.38. The van der Waals surface area contributed by atoms with Crippen LogP contribution >= 0.6 is 0 Å². The summed E-state index contributed by atoms with van der Waals surface area (Å²) in [6.45, 7) is 8.21. The van der Waals surface area contributed by atoms with Crippen molar-refractivity contribution in [3.63, 3.8) is 0 Å². The zero-order chi connectivity index (χ0) is 24.8. The van der Waals surface area contributed by atoms with Crippen LogP contribution in [0.3, 0.4) is 0 Å². The summed E-state index contributed by atoms with van der Waals surface area (Å²) in [5.41, 5.74) is 2.89. The summed E-state index contributed by atoms with van der Waals surface area (Å²) in [6, 6.07) is 10.8. The number of methoxy groups -OCH3 is 1. The van der Waals surface area contributed by atoms with E-state index < -0.39 is 0 Å². The number of carbonyl (C=O) groups excluding carboxylic acids is 2. The molecule has 1 unspecified atom stereocenters. The molecule has 0 aliphatic heterocycles. The molecule has 3 rings (SSSR count). The van der Waals surface area contributed by atoms with Crippen LogP contribution in [0, 0.1) is 0 Å². The van der Waals surface area contributed by atoms with Crippen LogP contribution in [0.25, 0.3) is 11.0 Å². The number of aromatic nitrogens is 2. The number of rotatable bonds is 10. The first-order valence-electron chi connectivity index (χ1n) is 11.7. The molecule has 0 bridgehead atoms. The van der Waals surface area contributed by atoms with Gasteiger partial charge >= 0.3 is 0 Å². The highest BCUT2D eigenvalue weighted by molar-refractivity contribution is 6.07. The van der Waals surface area contributed by atoms with Gasteiger partial charge in [0.25, 0.3) is 11.8 Å². The van der Waals surface area contributed by atoms with Gasteiger partial charge in [0.1, 0.15) is 5.65 Å². The van der Waals surface area contributed by atoms with Crippen molar-refractivity contribution < 1.29 is 19.1 Å². The number of pyridine rings is 1. The van der Waals surface area contributed by atoms with Crippen molar-refractivity contribution in [2.45, 2.75) is 52.7 Å². The van der Waals surface area contributed by atoms with Crippen molar-refractivity contribution in [3.8, 4) is 5.75 Å². The fourth-order valence-electron chi connectivity index (χ4n) is 3.84. The lowest BCUT2D eigenvalue weighted by molar-refractivity contribution is 0.0880. The summed E-state index contributed by atoms with van der Waals surface area (Å²) in [5.74, 6) is -0.0300. The van der Waals surface area contributed by atoms with Gasteiger partial charge in [0.05, 0.1) is 35.5 Å². The molecule has 0 radical (unpaired) electrons. The Morgan fingerprint density at radius 1 is 1.12 bits per heavy atom. The summed E-state index contributed by atoms with van der Waals surface area (Å²) >= 11 is 0. The third kappa shape index (κ3) is 5.39. The van der Waals surface area contributed by atoms with E-state index >= 15 is 0 Å². The maximum absolute atomic E-state index is 13.3. The van der Waals surface area contributed by atoms with E-state index in [9.17, 15) is 9.59 Å². The summed E-state index contributed by atoms with van der Waals surface area (Å²) in [4.78, 5) is 31.0. The predicted octanol–water partition coefficient (Wildman–Crippen LogP) is 4.33. The van der Waals surface area contributed by atoms with E-state index in [1.54, 1.807) is 30.9 Å². The van der Waals surface area contributed by atoms with Crippen LogP contribution in [0.4, 0.5) is 5.69 Å². The highest BCUT2D eigenvalue weighted by Gasteiger charge is 2.27. The van der Waals surface area contributed by atoms with Crippen LogP contribution in [0.5, 0.6) is 5.75 Å². The number of carbonyl (C=O) groups is 2. The second-order valence-corrected chi connectivity index (χ2v) is 8.46. The van der Waals surface area contributed by atoms with Crippen LogP contribution in [0.2, 0.25) is 0 Å². The molecule has 182 valence electrons. The third-order valence-electron chi connectivity index (χ3n) is 5.58. The lowest BCUT2D eigenvalue weighted by atomic mass is 10.1. The van der Waals surface area contributed by atoms with Gasteiger partial charge in [-0.3, -0.25) is 9.59 Å². The number of nitrogens with one attached hydrogen (secondary N) is 2. The molecule has 2 amide bonds. The number of fused-ring (bicyclic) bond motifs is 1. The molecule has 0 fully saturated rings. The second kappa shape index (κ2) is 11.2. The molecule has 34 heavy (non-hydrogen) atoms. The average Bonchev–Trinajstić information content (AvgIpc) is 3.08. The zero-order valence-electron chi connectivity index (χ0n) is 20.8. The lowest BCUT2D eigenvalue weighted by Gasteiger charge is -2.17. The second-order valence-electron chi connectivity index (χ2n) is 8.46. The molecule has 0 spiro atoms. The van der Waals surface area contributed by atoms with Crippen LogP contribution < -0.4 is 15.4 Å². The van der Waals surface area contributed by atoms with Crippen molar-refractivity contribution in [2.75, 3.05) is 19.0 Å². The first kappa shape index (κ1) is 25.2. The number of ether oxygens (including phenoxy) is 2. The quantitative estimate of drug-likeness (QED) is 0.464. The summed E-state index contributed by atoms with van der Waals surface area (Å²) < 4.78 is 13.1. The van der Waals surface area contributed by atoms with Crippen LogP contribution in [-0.4, -0.2) is 47.2 Å². The molecule has 8 heteroatoms. The Morgan fingerprint density at radius 3 is 2.41 bits per heavy atom. The van der Waals surface area contributed by atoms with Gasteiger partial charge in [-0.25, -0.2) is 4.98 Å². The standard InChI is InChI=1S/C26H34N4O4/c1-7-18(15-33-6)27-26(32)22-23(34-16(3)4)19-14-21(20(8-2)28-24(19)30(22)5)29-25(31)17-12-10-9-11-13-17/h9-14,16,18H,7-8,15H2,1-6H3,(H,27,32)(H,29,31). The number of aryl methyl sites for hydroxylation is 2. The third-order valence-corrected chi connectivity index (χ3v) is 5.58. The van der Waals surface area contributed by atoms with Crippen molar-refractivity contribution >= 4 is 28.5 Å². The Kier molecular flexibility index (Phi) is 8.28. The van der Waals surface area contributed by atoms with Gasteiger partial charge in [-0.1, -0.05) is 32.0 Å². The van der Waals surface area contributed by atoms with Gasteiger partial charge < -0.3 is 24.7 Å². The van der Waals surface area contributed by atoms with Crippen LogP contribution in [-0.2, 0) is 18.2 Å². The Hall–Kier alpha value is -3.39. The highest BCUT2D eigenvalue weighted by atomic mass is 16.5. The Bertz CT molecular complexity index is 1150. The van der Waals surface area contributed by atoms with Gasteiger partial charge in [-0.15, -0.1) is 0 Å². The van der Waals surface area contributed by atoms with E-state index in [0.29, 0.717) is 46.8 Å². The van der Waals surface area contributed by atoms with Crippen molar-refractivity contribution in [1.29, 1.82) is 0 Å². The Balaban J connectivity index is 2.10. The minimum atomic E-state index is -0.257. The SMILES string of the molecule is CCc1nc2c(cc1NC(=O)c1ccccc1)c(OC(C)C)c(C(=O)NC(CC)COC)n2C. The van der Waals surface area contributed by atoms with Crippen LogP contribution in [0.15, 0.2) is 36.4 Å². The van der Waals surface area contributed by atoms with E-state index in [0.717, 1.165) is 12.1 Å². The summed E-state index contributed by atoms with van der Waals surface area (Å²) in [5, 5.41) is 6.69. The van der Waals surface area contributed by atoms with Gasteiger partial charge in [0, 0.05) is 19.7 Å². The molecule has 2 heterocycles. The van der Waals surface area contributed by atoms with E-state index in [1.807, 2.05) is 52.0 Å². The molecule has 1 atom stereocenters. The van der Waals surface area contributed by atoms with E-state index in [2.05, 4.69) is 10.6 Å². The fourth-order valence-corrected chi connectivity index (χ4v) is 3.84. The number of hydrogen-bond donors (Lipinski definition) is 2. The average molecular weight is 467 g/mol. The Labute approximate surface area is 200 Å². The molecule has 3 aromatic rings. The number of amides is 2. The molecule has 2 N–H and O–H groups in total. The van der Waals surface area contributed by atoms with Crippen molar-refractivity contribution in [2.24, 2.45) is 7.05 Å². The molecule has 0 saturated heterocycles. The highest BCUT2D eigenvalue weighted by Crippen LogP contribution is 2.35. The number of nitrogens with zero attached hydrogens (tertiary/aromatic N) is 2. The minimum absolute atomic E-state index is 0.123. The van der Waals surface area contributed by atoms with Crippen molar-refractivity contribution in [1.82, 2.24) is 14.9 Å². The van der Waals surface area contributed by atoms with Crippen LogP contribution in [0.1, 0.15) is 60.7 Å². The van der Waals surface area contributed by atoms with Gasteiger partial charge in [0.15, 0.2) is 11.4 Å². The molecule has 1 aromatic carbocycles. The maximum Gasteiger partial charge on any atom is 0.272 e. The molecular weight excluding hydrogens is 432 g/mol. The van der Waals surface area contributed by atoms with E-state index in [4.69, 9.17) is 14.5 Å². The van der Waals surface area contributed by atoms with E-state index in [-0.39, 0.29) is 24.0 Å². The van der Waals surface area contributed by atoms with Gasteiger partial charge in [0.2, 0.25) is 0 Å². The minimum Gasteiger partial charge on any atom is -0.488 e. The van der Waals surface area contributed by atoms with E-state index in [1.165, 1.54) is 0 Å². The molecular formula is C26H34N4O4. The zero-order valence-corrected chi connectivity index (χ0v) is 20.8. The summed E-state index contributed by atoms with van der Waals surface area (Å²) in [6.07, 6.45) is 1.18. The molecule has 0 aliphatic rings. The molecule has 0 aliphatic carbocycles. The first-order valence-corrected chi connectivity index (χ1v) is 11.7. The smallest absolute Gasteiger partial charge is 0.272 e. The largest absolute Gasteiger partial charge is 0.488 e. The summed E-state index contributed by atoms with van der Waals surface area (Å²) in [7, 11) is 3.41. The van der Waals surface area contributed by atoms with Gasteiger partial charge in [-0.05, 0) is 44.9 Å². The molecule has 0 saturated carbocycles. The number of hydrogen-bond acceptors (Lipinski definition) is 5. The monoisotopic (exact) mass is 466 g/mol. The maximum atomic E-state index is 13.3. The number of anilines is 1. The number of benzene rings is 1. The fraction of sp³-hybridized carbons (Fsp3) is 0.423. The van der Waals surface area contributed by atoms with Gasteiger partial charge in [-0.2, -0.15) is 0 Å². The molecule has 8 nitrogen and oxygen atoms in total. The normalized spacial score (nSPS) is 12.1. The Morgan fingerprint density at radius 2 is 1.82 bits per heavy atom. The molecule has 2 aromatic heterocycles. The topological polar surface area (TPSA) is 94.5 Å². The first-order chi connectivity index (χ1) is 16.3.